The molecular weight excluding hydrogens is 217 g/mol. The summed E-state index contributed by atoms with van der Waals surface area (Å²) in [5.74, 6) is -0.244. The number of aliphatic hydroxyl groups excluding tert-OH is 1. The molecule has 1 aromatic carbocycles. The van der Waals surface area contributed by atoms with Gasteiger partial charge >= 0.3 is 0 Å². The van der Waals surface area contributed by atoms with Gasteiger partial charge < -0.3 is 10.0 Å². The maximum atomic E-state index is 13.6. The van der Waals surface area contributed by atoms with Gasteiger partial charge in [-0.15, -0.1) is 0 Å². The fourth-order valence-corrected chi connectivity index (χ4v) is 2.29. The van der Waals surface area contributed by atoms with Gasteiger partial charge in [0, 0.05) is 24.3 Å². The van der Waals surface area contributed by atoms with Crippen molar-refractivity contribution in [2.45, 2.75) is 45.3 Å². The number of aryl methyl sites for hydroxylation is 1. The van der Waals surface area contributed by atoms with E-state index in [2.05, 4.69) is 4.90 Å². The Morgan fingerprint density at radius 1 is 1.41 bits per heavy atom. The third-order valence-corrected chi connectivity index (χ3v) is 3.76. The van der Waals surface area contributed by atoms with E-state index in [1.54, 1.807) is 13.8 Å². The summed E-state index contributed by atoms with van der Waals surface area (Å²) >= 11 is 0. The molecule has 0 heterocycles. The first kappa shape index (κ1) is 12.4. The van der Waals surface area contributed by atoms with E-state index >= 15 is 0 Å². The molecule has 0 aliphatic heterocycles. The number of aliphatic hydroxyl groups is 1. The van der Waals surface area contributed by atoms with Gasteiger partial charge in [-0.05, 0) is 50.8 Å². The molecule has 1 aliphatic carbocycles. The molecule has 0 aromatic heterocycles. The second kappa shape index (κ2) is 4.65. The number of hydrogen-bond donors (Lipinski definition) is 1. The van der Waals surface area contributed by atoms with Gasteiger partial charge in [-0.2, -0.15) is 0 Å². The summed E-state index contributed by atoms with van der Waals surface area (Å²) in [6, 6.07) is 3.84. The van der Waals surface area contributed by atoms with Crippen LogP contribution >= 0.6 is 0 Å². The number of nitrogens with zero attached hydrogens (tertiary/aromatic N) is 1. The maximum Gasteiger partial charge on any atom is 0.126 e. The van der Waals surface area contributed by atoms with Crippen LogP contribution in [-0.4, -0.2) is 18.2 Å². The third kappa shape index (κ3) is 2.29. The van der Waals surface area contributed by atoms with Gasteiger partial charge in [-0.25, -0.2) is 4.39 Å². The van der Waals surface area contributed by atoms with Crippen LogP contribution in [0, 0.1) is 12.7 Å². The van der Waals surface area contributed by atoms with Crippen LogP contribution < -0.4 is 4.90 Å². The van der Waals surface area contributed by atoms with E-state index in [-0.39, 0.29) is 5.82 Å². The van der Waals surface area contributed by atoms with Crippen LogP contribution in [0.25, 0.3) is 0 Å². The van der Waals surface area contributed by atoms with Gasteiger partial charge in [0.1, 0.15) is 5.82 Å². The van der Waals surface area contributed by atoms with Crippen LogP contribution in [0.2, 0.25) is 0 Å². The Bertz CT molecular complexity index is 413. The van der Waals surface area contributed by atoms with Crippen molar-refractivity contribution < 1.29 is 9.50 Å². The largest absolute Gasteiger partial charge is 0.389 e. The maximum absolute atomic E-state index is 13.6. The summed E-state index contributed by atoms with van der Waals surface area (Å²) in [7, 11) is 2.03. The number of anilines is 1. The van der Waals surface area contributed by atoms with Crippen molar-refractivity contribution in [3.63, 3.8) is 0 Å². The molecular formula is C14H20FNO. The zero-order valence-corrected chi connectivity index (χ0v) is 10.7. The predicted molar refractivity (Wildman–Crippen MR) is 67.8 cm³/mol. The van der Waals surface area contributed by atoms with E-state index < -0.39 is 6.10 Å². The molecule has 0 saturated heterocycles. The molecule has 0 spiro atoms. The Morgan fingerprint density at radius 2 is 2.06 bits per heavy atom. The molecule has 1 aliphatic rings. The average molecular weight is 237 g/mol. The predicted octanol–water partition coefficient (Wildman–Crippen LogP) is 3.18. The van der Waals surface area contributed by atoms with Crippen LogP contribution in [0.1, 0.15) is 43.4 Å². The first-order valence-corrected chi connectivity index (χ1v) is 6.21. The molecule has 1 N–H and O–H groups in total. The lowest BCUT2D eigenvalue weighted by atomic mass is 9.90. The molecule has 94 valence electrons. The topological polar surface area (TPSA) is 23.5 Å². The van der Waals surface area contributed by atoms with E-state index in [4.69, 9.17) is 0 Å². The minimum absolute atomic E-state index is 0.244. The zero-order valence-electron chi connectivity index (χ0n) is 10.7. The lowest BCUT2D eigenvalue weighted by molar-refractivity contribution is 0.199. The normalized spacial score (nSPS) is 17.7. The molecule has 17 heavy (non-hydrogen) atoms. The Labute approximate surface area is 102 Å². The van der Waals surface area contributed by atoms with Crippen molar-refractivity contribution in [3.8, 4) is 0 Å². The van der Waals surface area contributed by atoms with Crippen LogP contribution in [0.4, 0.5) is 10.1 Å². The molecule has 0 amide bonds. The van der Waals surface area contributed by atoms with Crippen molar-refractivity contribution in [3.05, 3.63) is 29.1 Å². The minimum atomic E-state index is -0.636. The molecule has 1 fully saturated rings. The van der Waals surface area contributed by atoms with Gasteiger partial charge in [-0.1, -0.05) is 0 Å². The van der Waals surface area contributed by atoms with Crippen molar-refractivity contribution >= 4 is 5.69 Å². The van der Waals surface area contributed by atoms with Gasteiger partial charge in [0.15, 0.2) is 0 Å². The number of hydrogen-bond acceptors (Lipinski definition) is 2. The van der Waals surface area contributed by atoms with E-state index in [1.165, 1.54) is 25.3 Å². The van der Waals surface area contributed by atoms with Crippen LogP contribution in [0.15, 0.2) is 12.1 Å². The Kier molecular flexibility index (Phi) is 3.38. The quantitative estimate of drug-likeness (QED) is 0.872. The van der Waals surface area contributed by atoms with Crippen LogP contribution in [0.3, 0.4) is 0 Å². The van der Waals surface area contributed by atoms with E-state index in [0.29, 0.717) is 17.2 Å². The molecule has 1 saturated carbocycles. The summed E-state index contributed by atoms with van der Waals surface area (Å²) in [5.41, 5.74) is 2.28. The van der Waals surface area contributed by atoms with Crippen molar-refractivity contribution in [1.82, 2.24) is 0 Å². The molecule has 0 radical (unpaired) electrons. The van der Waals surface area contributed by atoms with E-state index in [9.17, 15) is 9.50 Å². The van der Waals surface area contributed by atoms with Crippen LogP contribution in [0.5, 0.6) is 0 Å². The van der Waals surface area contributed by atoms with Crippen LogP contribution in [-0.2, 0) is 0 Å². The highest BCUT2D eigenvalue weighted by Gasteiger charge is 2.25. The fourth-order valence-electron chi connectivity index (χ4n) is 2.29. The first-order valence-electron chi connectivity index (χ1n) is 6.21. The number of halogens is 1. The summed E-state index contributed by atoms with van der Waals surface area (Å²) in [6.45, 7) is 3.45. The van der Waals surface area contributed by atoms with E-state index in [1.807, 2.05) is 13.1 Å². The monoisotopic (exact) mass is 237 g/mol. The highest BCUT2D eigenvalue weighted by molar-refractivity contribution is 5.57. The van der Waals surface area contributed by atoms with Gasteiger partial charge in [0.25, 0.3) is 0 Å². The summed E-state index contributed by atoms with van der Waals surface area (Å²) in [4.78, 5) is 2.18. The first-order chi connectivity index (χ1) is 8.00. The molecule has 2 nitrogen and oxygen atoms in total. The highest BCUT2D eigenvalue weighted by atomic mass is 19.1. The highest BCUT2D eigenvalue weighted by Crippen LogP contribution is 2.34. The molecule has 0 bridgehead atoms. The second-order valence-corrected chi connectivity index (χ2v) is 5.03. The minimum Gasteiger partial charge on any atom is -0.389 e. The summed E-state index contributed by atoms with van der Waals surface area (Å²) < 4.78 is 13.6. The fraction of sp³-hybridized carbons (Fsp3) is 0.571. The smallest absolute Gasteiger partial charge is 0.126 e. The molecule has 3 heteroatoms. The SMILES string of the molecule is Cc1cc(N(C)C2CCC2)c(C(C)O)cc1F. The Balaban J connectivity index is 2.39. The Morgan fingerprint density at radius 3 is 2.53 bits per heavy atom. The summed E-state index contributed by atoms with van der Waals surface area (Å²) in [6.07, 6.45) is 3.00. The lowest BCUT2D eigenvalue weighted by Crippen LogP contribution is -2.37. The van der Waals surface area contributed by atoms with Gasteiger partial charge in [-0.3, -0.25) is 0 Å². The standard InChI is InChI=1S/C14H20FNO/c1-9-7-14(16(3)11-5-4-6-11)12(10(2)17)8-13(9)15/h7-8,10-11,17H,4-6H2,1-3H3. The third-order valence-electron chi connectivity index (χ3n) is 3.76. The molecule has 2 rings (SSSR count). The Hall–Kier alpha value is -1.09. The molecule has 1 atom stereocenters. The van der Waals surface area contributed by atoms with Crippen molar-refractivity contribution in [2.24, 2.45) is 0 Å². The van der Waals surface area contributed by atoms with Gasteiger partial charge in [0.2, 0.25) is 0 Å². The second-order valence-electron chi connectivity index (χ2n) is 5.03. The van der Waals surface area contributed by atoms with Gasteiger partial charge in [0.05, 0.1) is 6.10 Å². The summed E-state index contributed by atoms with van der Waals surface area (Å²) in [5, 5.41) is 9.75. The number of benzene rings is 1. The molecule has 1 unspecified atom stereocenters. The lowest BCUT2D eigenvalue weighted by Gasteiger charge is -2.38. The number of rotatable bonds is 3. The van der Waals surface area contributed by atoms with Crippen molar-refractivity contribution in [2.75, 3.05) is 11.9 Å². The average Bonchev–Trinajstić information content (AvgIpc) is 2.18. The zero-order chi connectivity index (χ0) is 12.6. The van der Waals surface area contributed by atoms with Crippen molar-refractivity contribution in [1.29, 1.82) is 0 Å². The molecule has 1 aromatic rings. The van der Waals surface area contributed by atoms with E-state index in [0.717, 1.165) is 5.69 Å².